The number of hydrogen-bond acceptors (Lipinski definition) is 2. The zero-order valence-corrected chi connectivity index (χ0v) is 10.1. The van der Waals surface area contributed by atoms with Crippen molar-refractivity contribution in [2.75, 3.05) is 26.7 Å². The molecule has 2 heteroatoms. The van der Waals surface area contributed by atoms with E-state index in [1.165, 1.54) is 11.1 Å². The third-order valence-electron chi connectivity index (χ3n) is 2.79. The summed E-state index contributed by atoms with van der Waals surface area (Å²) in [5, 5.41) is 3.47. The Bertz CT molecular complexity index is 284. The summed E-state index contributed by atoms with van der Waals surface area (Å²) in [5.74, 6) is 0. The number of nitrogens with zero attached hydrogens (tertiary/aromatic N) is 1. The van der Waals surface area contributed by atoms with Crippen LogP contribution >= 0.6 is 0 Å². The van der Waals surface area contributed by atoms with Crippen molar-refractivity contribution in [2.24, 2.45) is 0 Å². The fourth-order valence-electron chi connectivity index (χ4n) is 1.46. The van der Waals surface area contributed by atoms with Crippen molar-refractivity contribution in [1.29, 1.82) is 0 Å². The molecule has 0 amide bonds. The minimum absolute atomic E-state index is 0.976. The first-order chi connectivity index (χ1) is 7.24. The SMILES string of the molecule is CCN(C)CCNCc1ccccc1C. The van der Waals surface area contributed by atoms with E-state index in [2.05, 4.69) is 55.4 Å². The number of benzene rings is 1. The fraction of sp³-hybridized carbons (Fsp3) is 0.538. The van der Waals surface area contributed by atoms with Crippen LogP contribution in [0.4, 0.5) is 0 Å². The van der Waals surface area contributed by atoms with E-state index in [-0.39, 0.29) is 0 Å². The number of aryl methyl sites for hydroxylation is 1. The van der Waals surface area contributed by atoms with E-state index in [9.17, 15) is 0 Å². The molecule has 0 aliphatic heterocycles. The zero-order valence-electron chi connectivity index (χ0n) is 10.1. The minimum Gasteiger partial charge on any atom is -0.311 e. The van der Waals surface area contributed by atoms with Gasteiger partial charge in [-0.05, 0) is 31.6 Å². The molecule has 0 spiro atoms. The van der Waals surface area contributed by atoms with Crippen LogP contribution in [0.1, 0.15) is 18.1 Å². The van der Waals surface area contributed by atoms with Gasteiger partial charge >= 0.3 is 0 Å². The molecule has 2 nitrogen and oxygen atoms in total. The van der Waals surface area contributed by atoms with Gasteiger partial charge in [-0.15, -0.1) is 0 Å². The topological polar surface area (TPSA) is 15.3 Å². The first-order valence-electron chi connectivity index (χ1n) is 5.67. The van der Waals surface area contributed by atoms with Crippen LogP contribution in [0.25, 0.3) is 0 Å². The summed E-state index contributed by atoms with van der Waals surface area (Å²) < 4.78 is 0. The minimum atomic E-state index is 0.976. The van der Waals surface area contributed by atoms with E-state index in [1.807, 2.05) is 0 Å². The van der Waals surface area contributed by atoms with Crippen LogP contribution in [0, 0.1) is 6.92 Å². The third-order valence-corrected chi connectivity index (χ3v) is 2.79. The van der Waals surface area contributed by atoms with Gasteiger partial charge in [-0.3, -0.25) is 0 Å². The largest absolute Gasteiger partial charge is 0.311 e. The van der Waals surface area contributed by atoms with Crippen molar-refractivity contribution in [3.05, 3.63) is 35.4 Å². The van der Waals surface area contributed by atoms with E-state index >= 15 is 0 Å². The monoisotopic (exact) mass is 206 g/mol. The highest BCUT2D eigenvalue weighted by Gasteiger charge is 1.97. The average Bonchev–Trinajstić information content (AvgIpc) is 2.26. The molecule has 1 aromatic carbocycles. The first-order valence-corrected chi connectivity index (χ1v) is 5.67. The molecule has 0 bridgehead atoms. The molecular weight excluding hydrogens is 184 g/mol. The molecule has 0 saturated heterocycles. The predicted molar refractivity (Wildman–Crippen MR) is 66.1 cm³/mol. The Morgan fingerprint density at radius 2 is 2.00 bits per heavy atom. The van der Waals surface area contributed by atoms with Gasteiger partial charge in [0.15, 0.2) is 0 Å². The molecule has 84 valence electrons. The predicted octanol–water partition coefficient (Wildman–Crippen LogP) is 2.04. The molecule has 0 saturated carbocycles. The molecule has 1 rings (SSSR count). The van der Waals surface area contributed by atoms with E-state index in [0.717, 1.165) is 26.2 Å². The third kappa shape index (κ3) is 4.45. The average molecular weight is 206 g/mol. The van der Waals surface area contributed by atoms with Gasteiger partial charge < -0.3 is 10.2 Å². The Balaban J connectivity index is 2.23. The van der Waals surface area contributed by atoms with Crippen LogP contribution in [-0.4, -0.2) is 31.6 Å². The van der Waals surface area contributed by atoms with Crippen LogP contribution in [0.3, 0.4) is 0 Å². The lowest BCUT2D eigenvalue weighted by molar-refractivity contribution is 0.349. The van der Waals surface area contributed by atoms with Crippen molar-refractivity contribution in [3.63, 3.8) is 0 Å². The highest BCUT2D eigenvalue weighted by molar-refractivity contribution is 5.25. The highest BCUT2D eigenvalue weighted by atomic mass is 15.1. The maximum Gasteiger partial charge on any atom is 0.0208 e. The van der Waals surface area contributed by atoms with Crippen molar-refractivity contribution in [1.82, 2.24) is 10.2 Å². The molecular formula is C13H22N2. The summed E-state index contributed by atoms with van der Waals surface area (Å²) >= 11 is 0. The molecule has 0 unspecified atom stereocenters. The van der Waals surface area contributed by atoms with E-state index < -0.39 is 0 Å². The number of likely N-dealkylation sites (N-methyl/N-ethyl adjacent to an activating group) is 1. The summed E-state index contributed by atoms with van der Waals surface area (Å²) in [6.45, 7) is 8.61. The summed E-state index contributed by atoms with van der Waals surface area (Å²) in [6, 6.07) is 8.53. The van der Waals surface area contributed by atoms with Crippen molar-refractivity contribution in [2.45, 2.75) is 20.4 Å². The maximum atomic E-state index is 3.47. The van der Waals surface area contributed by atoms with Crippen LogP contribution in [0.5, 0.6) is 0 Å². The second kappa shape index (κ2) is 6.59. The lowest BCUT2D eigenvalue weighted by atomic mass is 10.1. The van der Waals surface area contributed by atoms with E-state index in [4.69, 9.17) is 0 Å². The van der Waals surface area contributed by atoms with Gasteiger partial charge in [0.25, 0.3) is 0 Å². The van der Waals surface area contributed by atoms with Gasteiger partial charge in [0.2, 0.25) is 0 Å². The molecule has 1 aromatic rings. The lowest BCUT2D eigenvalue weighted by Crippen LogP contribution is -2.28. The smallest absolute Gasteiger partial charge is 0.0208 e. The van der Waals surface area contributed by atoms with E-state index in [1.54, 1.807) is 0 Å². The highest BCUT2D eigenvalue weighted by Crippen LogP contribution is 2.05. The Labute approximate surface area is 93.3 Å². The van der Waals surface area contributed by atoms with Crippen LogP contribution in [0.15, 0.2) is 24.3 Å². The molecule has 0 aliphatic rings. The Morgan fingerprint density at radius 3 is 2.67 bits per heavy atom. The Morgan fingerprint density at radius 1 is 1.27 bits per heavy atom. The lowest BCUT2D eigenvalue weighted by Gasteiger charge is -2.14. The van der Waals surface area contributed by atoms with Gasteiger partial charge in [-0.1, -0.05) is 31.2 Å². The summed E-state index contributed by atoms with van der Waals surface area (Å²) in [6.07, 6.45) is 0. The van der Waals surface area contributed by atoms with Gasteiger partial charge in [-0.2, -0.15) is 0 Å². The summed E-state index contributed by atoms with van der Waals surface area (Å²) in [5.41, 5.74) is 2.77. The van der Waals surface area contributed by atoms with Crippen LogP contribution in [-0.2, 0) is 6.54 Å². The first kappa shape index (κ1) is 12.2. The molecule has 15 heavy (non-hydrogen) atoms. The molecule has 0 heterocycles. The summed E-state index contributed by atoms with van der Waals surface area (Å²) in [7, 11) is 2.15. The molecule has 0 aliphatic carbocycles. The van der Waals surface area contributed by atoms with Crippen molar-refractivity contribution < 1.29 is 0 Å². The van der Waals surface area contributed by atoms with Gasteiger partial charge in [0.05, 0.1) is 0 Å². The standard InChI is InChI=1S/C13H22N2/c1-4-15(3)10-9-14-11-13-8-6-5-7-12(13)2/h5-8,14H,4,9-11H2,1-3H3. The Kier molecular flexibility index (Phi) is 5.37. The summed E-state index contributed by atoms with van der Waals surface area (Å²) in [4.78, 5) is 2.31. The zero-order chi connectivity index (χ0) is 11.1. The second-order valence-electron chi connectivity index (χ2n) is 4.00. The quantitative estimate of drug-likeness (QED) is 0.717. The fourth-order valence-corrected chi connectivity index (χ4v) is 1.46. The molecule has 0 atom stereocenters. The normalized spacial score (nSPS) is 10.9. The molecule has 1 N–H and O–H groups in total. The molecule has 0 aromatic heterocycles. The Hall–Kier alpha value is -0.860. The van der Waals surface area contributed by atoms with Gasteiger partial charge in [-0.25, -0.2) is 0 Å². The molecule has 0 fully saturated rings. The molecule has 0 radical (unpaired) electrons. The number of nitrogens with one attached hydrogen (secondary N) is 1. The number of rotatable bonds is 6. The van der Waals surface area contributed by atoms with E-state index in [0.29, 0.717) is 0 Å². The number of hydrogen-bond donors (Lipinski definition) is 1. The van der Waals surface area contributed by atoms with Crippen molar-refractivity contribution >= 4 is 0 Å². The van der Waals surface area contributed by atoms with Crippen LogP contribution < -0.4 is 5.32 Å². The maximum absolute atomic E-state index is 3.47. The van der Waals surface area contributed by atoms with Crippen LogP contribution in [0.2, 0.25) is 0 Å². The van der Waals surface area contributed by atoms with Gasteiger partial charge in [0.1, 0.15) is 0 Å². The van der Waals surface area contributed by atoms with Gasteiger partial charge in [0, 0.05) is 19.6 Å². The van der Waals surface area contributed by atoms with Crippen molar-refractivity contribution in [3.8, 4) is 0 Å². The second-order valence-corrected chi connectivity index (χ2v) is 4.00.